The summed E-state index contributed by atoms with van der Waals surface area (Å²) in [5.41, 5.74) is 3.16. The van der Waals surface area contributed by atoms with Crippen LogP contribution in [0.1, 0.15) is 12.1 Å². The Bertz CT molecular complexity index is 995. The van der Waals surface area contributed by atoms with Gasteiger partial charge in [-0.1, -0.05) is 23.7 Å². The van der Waals surface area contributed by atoms with Gasteiger partial charge in [-0.15, -0.1) is 0 Å². The number of hydrogen-bond donors (Lipinski definition) is 2. The molecule has 0 saturated heterocycles. The van der Waals surface area contributed by atoms with Crippen LogP contribution in [-0.2, 0) is 22.6 Å². The van der Waals surface area contributed by atoms with Crippen molar-refractivity contribution in [1.82, 2.24) is 4.57 Å². The summed E-state index contributed by atoms with van der Waals surface area (Å²) in [4.78, 5) is 23.7. The van der Waals surface area contributed by atoms with E-state index in [9.17, 15) is 9.59 Å². The normalized spacial score (nSPS) is 10.6. The number of rotatable bonds is 8. The zero-order valence-electron chi connectivity index (χ0n) is 15.9. The third-order valence-electron chi connectivity index (χ3n) is 4.48. The van der Waals surface area contributed by atoms with Gasteiger partial charge in [0.05, 0.1) is 13.5 Å². The monoisotopic (exact) mass is 412 g/mol. The topological polar surface area (TPSA) is 80.6 Å². The van der Waals surface area contributed by atoms with Gasteiger partial charge < -0.3 is 19.7 Å². The number of halogens is 1. The largest absolute Gasteiger partial charge is 0.497 e. The molecule has 3 aromatic rings. The number of carboxylic acid groups (broad SMARTS) is 1. The lowest BCUT2D eigenvalue weighted by atomic mass is 10.1. The summed E-state index contributed by atoms with van der Waals surface area (Å²) >= 11 is 5.98. The number of benzene rings is 2. The minimum Gasteiger partial charge on any atom is -0.497 e. The van der Waals surface area contributed by atoms with Crippen molar-refractivity contribution in [3.05, 3.63) is 71.4 Å². The highest BCUT2D eigenvalue weighted by atomic mass is 35.5. The molecule has 0 atom stereocenters. The zero-order chi connectivity index (χ0) is 20.8. The van der Waals surface area contributed by atoms with E-state index in [0.717, 1.165) is 17.0 Å². The number of aryl methyl sites for hydroxylation is 1. The number of carbonyl (C=O) groups excluding carboxylic acids is 1. The Morgan fingerprint density at radius 2 is 1.72 bits per heavy atom. The summed E-state index contributed by atoms with van der Waals surface area (Å²) in [7, 11) is 1.58. The van der Waals surface area contributed by atoms with Crippen molar-refractivity contribution >= 4 is 29.2 Å². The van der Waals surface area contributed by atoms with Crippen LogP contribution in [0.3, 0.4) is 0 Å². The standard InChI is InChI=1S/C22H21ClN2O4/c1-29-19-10-6-17(7-11-19)24-21(26)14-25-18(9-13-22(27)28)8-12-20(25)15-2-4-16(23)5-3-15/h2-8,10-12H,9,13-14H2,1H3,(H,24,26)(H,27,28). The maximum Gasteiger partial charge on any atom is 0.303 e. The van der Waals surface area contributed by atoms with E-state index < -0.39 is 5.97 Å². The smallest absolute Gasteiger partial charge is 0.303 e. The maximum atomic E-state index is 12.7. The summed E-state index contributed by atoms with van der Waals surface area (Å²) in [5.74, 6) is -0.388. The number of carboxylic acids is 1. The summed E-state index contributed by atoms with van der Waals surface area (Å²) < 4.78 is 6.96. The first-order valence-corrected chi connectivity index (χ1v) is 9.44. The van der Waals surface area contributed by atoms with Crippen molar-refractivity contribution in [3.63, 3.8) is 0 Å². The van der Waals surface area contributed by atoms with Crippen LogP contribution in [0.4, 0.5) is 5.69 Å². The van der Waals surface area contributed by atoms with Gasteiger partial charge in [-0.05, 0) is 60.5 Å². The number of methoxy groups -OCH3 is 1. The van der Waals surface area contributed by atoms with Crippen molar-refractivity contribution in [3.8, 4) is 17.0 Å². The number of aliphatic carboxylic acids is 1. The van der Waals surface area contributed by atoms with Crippen LogP contribution < -0.4 is 10.1 Å². The quantitative estimate of drug-likeness (QED) is 0.572. The van der Waals surface area contributed by atoms with Gasteiger partial charge in [0.25, 0.3) is 0 Å². The molecule has 1 heterocycles. The third kappa shape index (κ3) is 5.39. The number of amides is 1. The first-order chi connectivity index (χ1) is 14.0. The van der Waals surface area contributed by atoms with Crippen LogP contribution in [0.15, 0.2) is 60.7 Å². The van der Waals surface area contributed by atoms with Gasteiger partial charge in [-0.2, -0.15) is 0 Å². The molecule has 0 bridgehead atoms. The summed E-state index contributed by atoms with van der Waals surface area (Å²) in [6, 6.07) is 18.1. The van der Waals surface area contributed by atoms with Gasteiger partial charge in [0.1, 0.15) is 12.3 Å². The van der Waals surface area contributed by atoms with Gasteiger partial charge in [0.15, 0.2) is 0 Å². The number of anilines is 1. The lowest BCUT2D eigenvalue weighted by Crippen LogP contribution is -2.21. The molecule has 0 fully saturated rings. The Labute approximate surface area is 173 Å². The van der Waals surface area contributed by atoms with Crippen molar-refractivity contribution < 1.29 is 19.4 Å². The van der Waals surface area contributed by atoms with Crippen LogP contribution in [0.5, 0.6) is 5.75 Å². The van der Waals surface area contributed by atoms with Crippen LogP contribution in [0.25, 0.3) is 11.3 Å². The van der Waals surface area contributed by atoms with E-state index in [4.69, 9.17) is 21.4 Å². The van der Waals surface area contributed by atoms with Crippen molar-refractivity contribution in [2.45, 2.75) is 19.4 Å². The molecule has 0 aliphatic rings. The average Bonchev–Trinajstić information content (AvgIpc) is 3.10. The highest BCUT2D eigenvalue weighted by Gasteiger charge is 2.15. The molecule has 0 radical (unpaired) electrons. The second kappa shape index (κ2) is 9.30. The van der Waals surface area contributed by atoms with E-state index in [0.29, 0.717) is 22.9 Å². The molecule has 150 valence electrons. The number of ether oxygens (including phenoxy) is 1. The van der Waals surface area contributed by atoms with E-state index >= 15 is 0 Å². The lowest BCUT2D eigenvalue weighted by Gasteiger charge is -2.14. The molecule has 0 spiro atoms. The highest BCUT2D eigenvalue weighted by molar-refractivity contribution is 6.30. The minimum absolute atomic E-state index is 0.00975. The molecule has 2 aromatic carbocycles. The molecule has 3 rings (SSSR count). The number of aromatic nitrogens is 1. The van der Waals surface area contributed by atoms with Crippen molar-refractivity contribution in [1.29, 1.82) is 0 Å². The Hall–Kier alpha value is -3.25. The van der Waals surface area contributed by atoms with Crippen LogP contribution >= 0.6 is 11.6 Å². The average molecular weight is 413 g/mol. The number of hydrogen-bond acceptors (Lipinski definition) is 3. The molecule has 7 heteroatoms. The Kier molecular flexibility index (Phi) is 6.57. The van der Waals surface area contributed by atoms with Crippen LogP contribution in [0.2, 0.25) is 5.02 Å². The minimum atomic E-state index is -0.881. The Morgan fingerprint density at radius 3 is 2.34 bits per heavy atom. The summed E-state index contributed by atoms with van der Waals surface area (Å²) in [6.45, 7) is 0.0614. The predicted molar refractivity (Wildman–Crippen MR) is 112 cm³/mol. The molecular weight excluding hydrogens is 392 g/mol. The number of nitrogens with one attached hydrogen (secondary N) is 1. The molecule has 0 saturated carbocycles. The van der Waals surface area contributed by atoms with E-state index in [2.05, 4.69) is 5.32 Å². The van der Waals surface area contributed by atoms with Crippen molar-refractivity contribution in [2.24, 2.45) is 0 Å². The van der Waals surface area contributed by atoms with Crippen LogP contribution in [0, 0.1) is 0 Å². The predicted octanol–water partition coefficient (Wildman–Crippen LogP) is 4.47. The highest BCUT2D eigenvalue weighted by Crippen LogP contribution is 2.25. The number of carbonyl (C=O) groups is 2. The van der Waals surface area contributed by atoms with E-state index in [1.807, 2.05) is 28.8 Å². The summed E-state index contributed by atoms with van der Waals surface area (Å²) in [6.07, 6.45) is 0.322. The zero-order valence-corrected chi connectivity index (χ0v) is 16.6. The Morgan fingerprint density at radius 1 is 1.03 bits per heavy atom. The molecule has 2 N–H and O–H groups in total. The second-order valence-electron chi connectivity index (χ2n) is 6.47. The van der Waals surface area contributed by atoms with Gasteiger partial charge in [0.2, 0.25) is 5.91 Å². The fourth-order valence-corrected chi connectivity index (χ4v) is 3.17. The van der Waals surface area contributed by atoms with Gasteiger partial charge in [-0.25, -0.2) is 0 Å². The van der Waals surface area contributed by atoms with E-state index in [-0.39, 0.29) is 18.9 Å². The van der Waals surface area contributed by atoms with Gasteiger partial charge in [0, 0.05) is 22.1 Å². The second-order valence-corrected chi connectivity index (χ2v) is 6.91. The lowest BCUT2D eigenvalue weighted by molar-refractivity contribution is -0.137. The van der Waals surface area contributed by atoms with E-state index in [1.54, 1.807) is 43.5 Å². The molecule has 0 unspecified atom stereocenters. The molecule has 1 aromatic heterocycles. The molecule has 1 amide bonds. The fraction of sp³-hybridized carbons (Fsp3) is 0.182. The van der Waals surface area contributed by atoms with Crippen molar-refractivity contribution in [2.75, 3.05) is 12.4 Å². The fourth-order valence-electron chi connectivity index (χ4n) is 3.04. The molecule has 29 heavy (non-hydrogen) atoms. The summed E-state index contributed by atoms with van der Waals surface area (Å²) in [5, 5.41) is 12.5. The molecule has 0 aliphatic heterocycles. The first kappa shape index (κ1) is 20.5. The number of nitrogens with zero attached hydrogens (tertiary/aromatic N) is 1. The van der Waals surface area contributed by atoms with Gasteiger partial charge in [-0.3, -0.25) is 9.59 Å². The maximum absolute atomic E-state index is 12.7. The first-order valence-electron chi connectivity index (χ1n) is 9.06. The molecular formula is C22H21ClN2O4. The van der Waals surface area contributed by atoms with Gasteiger partial charge >= 0.3 is 5.97 Å². The van der Waals surface area contributed by atoms with Crippen LogP contribution in [-0.4, -0.2) is 28.7 Å². The SMILES string of the molecule is COc1ccc(NC(=O)Cn2c(CCC(=O)O)ccc2-c2ccc(Cl)cc2)cc1. The van der Waals surface area contributed by atoms with E-state index in [1.165, 1.54) is 0 Å². The Balaban J connectivity index is 1.83. The molecule has 0 aliphatic carbocycles. The molecule has 6 nitrogen and oxygen atoms in total. The third-order valence-corrected chi connectivity index (χ3v) is 4.73.